The van der Waals surface area contributed by atoms with Gasteiger partial charge in [0.25, 0.3) is 0 Å². The van der Waals surface area contributed by atoms with Crippen LogP contribution in [0.5, 0.6) is 0 Å². The fourth-order valence-corrected chi connectivity index (χ4v) is 4.83. The second-order valence-electron chi connectivity index (χ2n) is 6.56. The molecule has 2 bridgehead atoms. The van der Waals surface area contributed by atoms with Crippen molar-refractivity contribution in [3.63, 3.8) is 0 Å². The zero-order chi connectivity index (χ0) is 16.4. The molecule has 2 aliphatic carbocycles. The molecule has 2 heterocycles. The molecule has 7 nitrogen and oxygen atoms in total. The Bertz CT molecular complexity index is 638. The van der Waals surface area contributed by atoms with Crippen molar-refractivity contribution in [1.29, 1.82) is 0 Å². The molecule has 0 amide bonds. The smallest absolute Gasteiger partial charge is 0.317 e. The average Bonchev–Trinajstić information content (AvgIpc) is 3.18. The van der Waals surface area contributed by atoms with Gasteiger partial charge in [-0.1, -0.05) is 0 Å². The molecule has 7 heteroatoms. The number of hydrogen-bond donors (Lipinski definition) is 0. The van der Waals surface area contributed by atoms with Crippen LogP contribution in [-0.4, -0.2) is 43.8 Å². The summed E-state index contributed by atoms with van der Waals surface area (Å²) in [6.07, 6.45) is 2.47. The summed E-state index contributed by atoms with van der Waals surface area (Å²) in [5.41, 5.74) is -1.73. The van der Waals surface area contributed by atoms with E-state index in [0.29, 0.717) is 24.8 Å². The highest BCUT2D eigenvalue weighted by atomic mass is 16.8. The Balaban J connectivity index is 2.01. The molecule has 3 fully saturated rings. The Morgan fingerprint density at radius 3 is 2.74 bits per heavy atom. The molecule has 23 heavy (non-hydrogen) atoms. The van der Waals surface area contributed by atoms with Gasteiger partial charge in [-0.2, -0.15) is 0 Å². The number of hydrogen-bond acceptors (Lipinski definition) is 7. The van der Waals surface area contributed by atoms with E-state index in [9.17, 15) is 14.4 Å². The fourth-order valence-electron chi connectivity index (χ4n) is 4.83. The van der Waals surface area contributed by atoms with Gasteiger partial charge in [0, 0.05) is 12.3 Å². The van der Waals surface area contributed by atoms with Crippen molar-refractivity contribution in [3.05, 3.63) is 11.8 Å². The topological polar surface area (TPSA) is 91.4 Å². The van der Waals surface area contributed by atoms with Crippen LogP contribution in [-0.2, 0) is 33.3 Å². The summed E-state index contributed by atoms with van der Waals surface area (Å²) in [5.74, 6) is -2.70. The zero-order valence-corrected chi connectivity index (χ0v) is 13.0. The van der Waals surface area contributed by atoms with Crippen LogP contribution < -0.4 is 0 Å². The molecule has 0 aromatic carbocycles. The van der Waals surface area contributed by atoms with E-state index in [0.717, 1.165) is 0 Å². The minimum absolute atomic E-state index is 0.0271. The van der Waals surface area contributed by atoms with Crippen LogP contribution in [0.2, 0.25) is 0 Å². The summed E-state index contributed by atoms with van der Waals surface area (Å²) < 4.78 is 21.4. The minimum Gasteiger partial charge on any atom is -0.469 e. The van der Waals surface area contributed by atoms with Gasteiger partial charge in [0.2, 0.25) is 6.29 Å². The standard InChI is InChI=1S/C16H18O7/c1-20-12(18)11-15-6-5-10(17)9-4-3-8(7-22-14(15)23-15)16(9,11)13(19)21-2/h7,9,11,14H,3-6H2,1-2H3/t9-,11-,14?,15-,16+/m0/s1. The van der Waals surface area contributed by atoms with Crippen molar-refractivity contribution in [2.24, 2.45) is 17.3 Å². The third kappa shape index (κ3) is 1.56. The number of carbonyl (C=O) groups is 3. The Hall–Kier alpha value is -1.89. The lowest BCUT2D eigenvalue weighted by Gasteiger charge is -2.37. The summed E-state index contributed by atoms with van der Waals surface area (Å²) in [5, 5.41) is 0. The zero-order valence-electron chi connectivity index (χ0n) is 13.0. The van der Waals surface area contributed by atoms with Crippen molar-refractivity contribution in [2.75, 3.05) is 14.2 Å². The summed E-state index contributed by atoms with van der Waals surface area (Å²) >= 11 is 0. The van der Waals surface area contributed by atoms with Crippen LogP contribution in [0.1, 0.15) is 25.7 Å². The van der Waals surface area contributed by atoms with E-state index in [-0.39, 0.29) is 12.2 Å². The number of Topliss-reactive ketones (excluding diaryl/α,β-unsaturated/α-hetero) is 1. The SMILES string of the molecule is COC(=O)[C@@H]1[C@@]2(C(=O)OC)C3=COC4O[C@]41CCC(=O)[C@@H]2CC3. The number of ketones is 1. The lowest BCUT2D eigenvalue weighted by molar-refractivity contribution is -0.170. The molecule has 2 aliphatic heterocycles. The molecule has 2 saturated carbocycles. The Morgan fingerprint density at radius 2 is 2.04 bits per heavy atom. The first kappa shape index (κ1) is 14.7. The van der Waals surface area contributed by atoms with E-state index < -0.39 is 41.1 Å². The molecule has 4 aliphatic rings. The van der Waals surface area contributed by atoms with Crippen molar-refractivity contribution in [3.8, 4) is 0 Å². The van der Waals surface area contributed by atoms with Gasteiger partial charge in [0.05, 0.1) is 20.5 Å². The molecule has 0 aromatic heterocycles. The van der Waals surface area contributed by atoms with E-state index in [1.165, 1.54) is 20.5 Å². The van der Waals surface area contributed by atoms with E-state index >= 15 is 0 Å². The molecule has 0 aromatic rings. The number of ether oxygens (including phenoxy) is 4. The van der Waals surface area contributed by atoms with Crippen molar-refractivity contribution in [2.45, 2.75) is 37.6 Å². The van der Waals surface area contributed by atoms with Crippen molar-refractivity contribution in [1.82, 2.24) is 0 Å². The maximum absolute atomic E-state index is 12.9. The molecular formula is C16H18O7. The van der Waals surface area contributed by atoms with Gasteiger partial charge >= 0.3 is 11.9 Å². The molecule has 1 saturated heterocycles. The average molecular weight is 322 g/mol. The second-order valence-corrected chi connectivity index (χ2v) is 6.56. The summed E-state index contributed by atoms with van der Waals surface area (Å²) in [7, 11) is 2.54. The second kappa shape index (κ2) is 4.56. The highest BCUT2D eigenvalue weighted by Crippen LogP contribution is 2.66. The molecule has 0 N–H and O–H groups in total. The number of esters is 2. The minimum atomic E-state index is -1.37. The Kier molecular flexibility index (Phi) is 2.91. The molecule has 124 valence electrons. The number of carbonyl (C=O) groups excluding carboxylic acids is 3. The summed E-state index contributed by atoms with van der Waals surface area (Å²) in [4.78, 5) is 38.2. The molecule has 4 rings (SSSR count). The first-order valence-corrected chi connectivity index (χ1v) is 7.74. The Labute approximate surface area is 132 Å². The quantitative estimate of drug-likeness (QED) is 0.546. The molecule has 0 radical (unpaired) electrons. The number of methoxy groups -OCH3 is 2. The van der Waals surface area contributed by atoms with Crippen LogP contribution in [0, 0.1) is 17.3 Å². The maximum atomic E-state index is 12.9. The van der Waals surface area contributed by atoms with Crippen LogP contribution in [0.3, 0.4) is 0 Å². The third-order valence-electron chi connectivity index (χ3n) is 5.84. The van der Waals surface area contributed by atoms with Gasteiger partial charge in [0.1, 0.15) is 22.7 Å². The van der Waals surface area contributed by atoms with Crippen LogP contribution in [0.4, 0.5) is 0 Å². The van der Waals surface area contributed by atoms with Gasteiger partial charge in [-0.15, -0.1) is 0 Å². The highest BCUT2D eigenvalue weighted by molar-refractivity contribution is 5.98. The number of epoxide rings is 1. The number of rotatable bonds is 2. The van der Waals surface area contributed by atoms with Gasteiger partial charge in [-0.25, -0.2) is 0 Å². The first-order chi connectivity index (χ1) is 11.0. The Morgan fingerprint density at radius 1 is 1.26 bits per heavy atom. The summed E-state index contributed by atoms with van der Waals surface area (Å²) in [6, 6.07) is 0. The predicted molar refractivity (Wildman–Crippen MR) is 73.7 cm³/mol. The van der Waals surface area contributed by atoms with E-state index in [4.69, 9.17) is 18.9 Å². The van der Waals surface area contributed by atoms with Crippen LogP contribution in [0.25, 0.3) is 0 Å². The van der Waals surface area contributed by atoms with E-state index in [2.05, 4.69) is 0 Å². The normalized spacial score (nSPS) is 43.3. The molecular weight excluding hydrogens is 304 g/mol. The highest BCUT2D eigenvalue weighted by Gasteiger charge is 2.79. The largest absolute Gasteiger partial charge is 0.469 e. The fraction of sp³-hybridized carbons (Fsp3) is 0.688. The first-order valence-electron chi connectivity index (χ1n) is 7.74. The third-order valence-corrected chi connectivity index (χ3v) is 5.84. The molecule has 1 spiro atoms. The van der Waals surface area contributed by atoms with Crippen molar-refractivity contribution >= 4 is 17.7 Å². The van der Waals surface area contributed by atoms with E-state index in [1.54, 1.807) is 0 Å². The molecule has 5 atom stereocenters. The summed E-state index contributed by atoms with van der Waals surface area (Å²) in [6.45, 7) is 0. The van der Waals surface area contributed by atoms with Crippen molar-refractivity contribution < 1.29 is 33.3 Å². The lowest BCUT2D eigenvalue weighted by Crippen LogP contribution is -2.53. The predicted octanol–water partition coefficient (Wildman–Crippen LogP) is 0.717. The van der Waals surface area contributed by atoms with Gasteiger partial charge < -0.3 is 18.9 Å². The van der Waals surface area contributed by atoms with Gasteiger partial charge in [0.15, 0.2) is 0 Å². The molecule has 1 unspecified atom stereocenters. The maximum Gasteiger partial charge on any atom is 0.317 e. The van der Waals surface area contributed by atoms with Crippen LogP contribution >= 0.6 is 0 Å². The van der Waals surface area contributed by atoms with Gasteiger partial charge in [-0.05, 0) is 24.8 Å². The van der Waals surface area contributed by atoms with E-state index in [1.807, 2.05) is 0 Å². The monoisotopic (exact) mass is 322 g/mol. The lowest BCUT2D eigenvalue weighted by atomic mass is 9.62. The van der Waals surface area contributed by atoms with Crippen LogP contribution in [0.15, 0.2) is 11.8 Å². The van der Waals surface area contributed by atoms with Gasteiger partial charge in [-0.3, -0.25) is 14.4 Å².